The van der Waals surface area contributed by atoms with Crippen LogP contribution in [0.25, 0.3) is 6.08 Å². The third kappa shape index (κ3) is 9.96. The first-order chi connectivity index (χ1) is 26.4. The number of methoxy groups -OCH3 is 2. The predicted molar refractivity (Wildman–Crippen MR) is 213 cm³/mol. The number of hydrogen-bond donors (Lipinski definition) is 3. The zero-order valence-electron chi connectivity index (χ0n) is 29.5. The van der Waals surface area contributed by atoms with E-state index in [0.29, 0.717) is 39.8 Å². The molecule has 0 saturated carbocycles. The number of ether oxygens (including phenoxy) is 3. The molecular formula is C44H37N3O6S. The summed E-state index contributed by atoms with van der Waals surface area (Å²) in [7, 11) is 3.06. The molecule has 0 bridgehead atoms. The standard InChI is InChI=1S/C44H37N3O6S/c1-51-39-26-21-30(28-40(39)52-2)27-38(47-42(48)32-15-8-4-9-16-32)43(49)46-34-17-12-20-37(29-34)54-41(31-13-6-3-7-14-31)44(50)45-33-22-24-36(25-23-33)53-35-18-10-5-11-19-35/h3-29,41H,1-2H3,(H,45,50)(H,46,49)(H,47,48)/b38-27+. The van der Waals surface area contributed by atoms with Gasteiger partial charge in [0.05, 0.1) is 14.2 Å². The zero-order chi connectivity index (χ0) is 37.7. The smallest absolute Gasteiger partial charge is 0.272 e. The minimum absolute atomic E-state index is 0.0101. The average Bonchev–Trinajstić information content (AvgIpc) is 3.21. The van der Waals surface area contributed by atoms with Crippen molar-refractivity contribution in [2.45, 2.75) is 10.1 Å². The van der Waals surface area contributed by atoms with E-state index in [2.05, 4.69) is 16.0 Å². The fraction of sp³-hybridized carbons (Fsp3) is 0.0682. The van der Waals surface area contributed by atoms with E-state index in [1.807, 2.05) is 66.7 Å². The van der Waals surface area contributed by atoms with Crippen LogP contribution in [0.1, 0.15) is 26.7 Å². The second kappa shape index (κ2) is 18.1. The van der Waals surface area contributed by atoms with Crippen LogP contribution in [0.15, 0.2) is 168 Å². The molecule has 0 radical (unpaired) electrons. The van der Waals surface area contributed by atoms with Crippen molar-refractivity contribution >= 4 is 46.9 Å². The van der Waals surface area contributed by atoms with Crippen LogP contribution in [-0.2, 0) is 9.59 Å². The van der Waals surface area contributed by atoms with Crippen LogP contribution in [0, 0.1) is 0 Å². The maximum atomic E-state index is 13.8. The van der Waals surface area contributed by atoms with Gasteiger partial charge in [0, 0.05) is 21.8 Å². The molecule has 10 heteroatoms. The fourth-order valence-electron chi connectivity index (χ4n) is 5.37. The summed E-state index contributed by atoms with van der Waals surface area (Å²) in [5, 5.41) is 8.09. The van der Waals surface area contributed by atoms with Gasteiger partial charge in [-0.3, -0.25) is 14.4 Å². The highest BCUT2D eigenvalue weighted by atomic mass is 32.2. The van der Waals surface area contributed by atoms with Crippen molar-refractivity contribution in [1.29, 1.82) is 0 Å². The molecule has 3 N–H and O–H groups in total. The lowest BCUT2D eigenvalue weighted by Gasteiger charge is -2.18. The van der Waals surface area contributed by atoms with E-state index < -0.39 is 17.1 Å². The molecule has 6 aromatic carbocycles. The number of rotatable bonds is 14. The first kappa shape index (κ1) is 37.0. The number of anilines is 2. The Balaban J connectivity index is 1.20. The molecule has 0 heterocycles. The van der Waals surface area contributed by atoms with Gasteiger partial charge in [0.1, 0.15) is 22.4 Å². The summed E-state index contributed by atoms with van der Waals surface area (Å²) in [6, 6.07) is 47.1. The Hall–Kier alpha value is -6.78. The maximum Gasteiger partial charge on any atom is 0.272 e. The molecule has 1 atom stereocenters. The molecule has 0 aliphatic carbocycles. The first-order valence-corrected chi connectivity index (χ1v) is 17.8. The van der Waals surface area contributed by atoms with Gasteiger partial charge in [-0.25, -0.2) is 0 Å². The van der Waals surface area contributed by atoms with Crippen molar-refractivity contribution in [3.05, 3.63) is 180 Å². The van der Waals surface area contributed by atoms with Gasteiger partial charge in [-0.2, -0.15) is 0 Å². The molecule has 0 saturated heterocycles. The van der Waals surface area contributed by atoms with E-state index >= 15 is 0 Å². The molecule has 3 amide bonds. The second-order valence-corrected chi connectivity index (χ2v) is 13.0. The molecule has 9 nitrogen and oxygen atoms in total. The number of para-hydroxylation sites is 1. The number of benzene rings is 6. The van der Waals surface area contributed by atoms with Crippen LogP contribution >= 0.6 is 11.8 Å². The van der Waals surface area contributed by atoms with Crippen molar-refractivity contribution in [3.8, 4) is 23.0 Å². The van der Waals surface area contributed by atoms with E-state index in [9.17, 15) is 14.4 Å². The SMILES string of the molecule is COc1ccc(/C=C(/NC(=O)c2ccccc2)C(=O)Nc2cccc(SC(C(=O)Nc3ccc(Oc4ccccc4)cc3)c3ccccc3)c2)cc1OC. The van der Waals surface area contributed by atoms with E-state index in [-0.39, 0.29) is 11.6 Å². The van der Waals surface area contributed by atoms with Gasteiger partial charge in [-0.15, -0.1) is 11.8 Å². The largest absolute Gasteiger partial charge is 0.493 e. The second-order valence-electron chi connectivity index (χ2n) is 11.8. The van der Waals surface area contributed by atoms with Gasteiger partial charge in [-0.05, 0) is 96.1 Å². The van der Waals surface area contributed by atoms with Gasteiger partial charge in [0.2, 0.25) is 5.91 Å². The summed E-state index contributed by atoms with van der Waals surface area (Å²) in [5.74, 6) is 1.14. The molecule has 0 spiro atoms. The van der Waals surface area contributed by atoms with E-state index in [4.69, 9.17) is 14.2 Å². The lowest BCUT2D eigenvalue weighted by atomic mass is 10.1. The average molecular weight is 736 g/mol. The number of carbonyl (C=O) groups is 3. The summed E-state index contributed by atoms with van der Waals surface area (Å²) < 4.78 is 16.7. The topological polar surface area (TPSA) is 115 Å². The van der Waals surface area contributed by atoms with Gasteiger partial charge in [-0.1, -0.05) is 78.9 Å². The summed E-state index contributed by atoms with van der Waals surface area (Å²) in [6.45, 7) is 0. The van der Waals surface area contributed by atoms with E-state index in [0.717, 1.165) is 16.2 Å². The summed E-state index contributed by atoms with van der Waals surface area (Å²) in [6.07, 6.45) is 1.56. The first-order valence-electron chi connectivity index (χ1n) is 17.0. The van der Waals surface area contributed by atoms with Crippen molar-refractivity contribution in [2.24, 2.45) is 0 Å². The Morgan fingerprint density at radius 2 is 1.26 bits per heavy atom. The number of carbonyl (C=O) groups excluding carboxylic acids is 3. The number of hydrogen-bond acceptors (Lipinski definition) is 7. The Morgan fingerprint density at radius 1 is 0.611 bits per heavy atom. The Bertz CT molecular complexity index is 2230. The molecule has 1 unspecified atom stereocenters. The van der Waals surface area contributed by atoms with Crippen molar-refractivity contribution < 1.29 is 28.6 Å². The van der Waals surface area contributed by atoms with Crippen molar-refractivity contribution in [2.75, 3.05) is 24.9 Å². The molecular weight excluding hydrogens is 699 g/mol. The highest BCUT2D eigenvalue weighted by molar-refractivity contribution is 8.00. The Kier molecular flexibility index (Phi) is 12.4. The van der Waals surface area contributed by atoms with Crippen molar-refractivity contribution in [1.82, 2.24) is 5.32 Å². The Labute approximate surface area is 318 Å². The minimum Gasteiger partial charge on any atom is -0.493 e. The minimum atomic E-state index is -0.622. The van der Waals surface area contributed by atoms with Crippen LogP contribution in [0.5, 0.6) is 23.0 Å². The van der Waals surface area contributed by atoms with Crippen LogP contribution in [0.4, 0.5) is 11.4 Å². The molecule has 0 fully saturated rings. The monoisotopic (exact) mass is 735 g/mol. The third-order valence-corrected chi connectivity index (χ3v) is 9.28. The van der Waals surface area contributed by atoms with Crippen LogP contribution in [0.2, 0.25) is 0 Å². The summed E-state index contributed by atoms with van der Waals surface area (Å²) in [4.78, 5) is 41.6. The zero-order valence-corrected chi connectivity index (χ0v) is 30.3. The predicted octanol–water partition coefficient (Wildman–Crippen LogP) is 9.38. The van der Waals surface area contributed by atoms with Gasteiger partial charge in [0.15, 0.2) is 11.5 Å². The van der Waals surface area contributed by atoms with Crippen molar-refractivity contribution in [3.63, 3.8) is 0 Å². The molecule has 0 aliphatic heterocycles. The highest BCUT2D eigenvalue weighted by Crippen LogP contribution is 2.37. The lowest BCUT2D eigenvalue weighted by molar-refractivity contribution is -0.116. The molecule has 6 rings (SSSR count). The normalized spacial score (nSPS) is 11.5. The highest BCUT2D eigenvalue weighted by Gasteiger charge is 2.23. The van der Waals surface area contributed by atoms with Crippen LogP contribution in [0.3, 0.4) is 0 Å². The summed E-state index contributed by atoms with van der Waals surface area (Å²) >= 11 is 1.34. The summed E-state index contributed by atoms with van der Waals surface area (Å²) in [5.41, 5.74) is 2.90. The molecule has 54 heavy (non-hydrogen) atoms. The van der Waals surface area contributed by atoms with Crippen LogP contribution < -0.4 is 30.2 Å². The number of nitrogens with one attached hydrogen (secondary N) is 3. The van der Waals surface area contributed by atoms with Gasteiger partial charge >= 0.3 is 0 Å². The molecule has 6 aromatic rings. The molecule has 0 aromatic heterocycles. The van der Waals surface area contributed by atoms with Gasteiger partial charge in [0.25, 0.3) is 11.8 Å². The number of amides is 3. The fourth-order valence-corrected chi connectivity index (χ4v) is 6.46. The molecule has 0 aliphatic rings. The third-order valence-electron chi connectivity index (χ3n) is 8.03. The van der Waals surface area contributed by atoms with Gasteiger partial charge < -0.3 is 30.2 Å². The molecule has 270 valence electrons. The number of thioether (sulfide) groups is 1. The quantitative estimate of drug-likeness (QED) is 0.0755. The van der Waals surface area contributed by atoms with Crippen LogP contribution in [-0.4, -0.2) is 31.9 Å². The van der Waals surface area contributed by atoms with E-state index in [1.54, 1.807) is 97.1 Å². The van der Waals surface area contributed by atoms with E-state index in [1.165, 1.54) is 26.0 Å². The lowest BCUT2D eigenvalue weighted by Crippen LogP contribution is -2.30. The maximum absolute atomic E-state index is 13.8. The Morgan fingerprint density at radius 3 is 1.94 bits per heavy atom.